The number of benzene rings is 1. The van der Waals surface area contributed by atoms with Crippen molar-refractivity contribution < 1.29 is 4.74 Å². The molecule has 0 saturated heterocycles. The second kappa shape index (κ2) is 4.58. The van der Waals surface area contributed by atoms with Gasteiger partial charge < -0.3 is 4.74 Å². The first-order valence-corrected chi connectivity index (χ1v) is 6.89. The van der Waals surface area contributed by atoms with Crippen molar-refractivity contribution >= 4 is 27.5 Å². The fraction of sp³-hybridized carbons (Fsp3) is 0.538. The van der Waals surface area contributed by atoms with E-state index < -0.39 is 0 Å². The summed E-state index contributed by atoms with van der Waals surface area (Å²) in [5.74, 6) is 1.76. The molecule has 0 aromatic heterocycles. The van der Waals surface area contributed by atoms with Crippen molar-refractivity contribution in [1.29, 1.82) is 0 Å². The van der Waals surface area contributed by atoms with Crippen molar-refractivity contribution in [2.75, 3.05) is 12.5 Å². The van der Waals surface area contributed by atoms with Crippen LogP contribution in [0.4, 0.5) is 0 Å². The molecule has 0 fully saturated rings. The van der Waals surface area contributed by atoms with Crippen molar-refractivity contribution in [2.45, 2.75) is 32.1 Å². The van der Waals surface area contributed by atoms with Gasteiger partial charge in [0.2, 0.25) is 0 Å². The number of hydrogen-bond donors (Lipinski definition) is 0. The molecule has 1 nitrogen and oxygen atoms in total. The maximum absolute atomic E-state index is 5.87. The summed E-state index contributed by atoms with van der Waals surface area (Å²) in [6, 6.07) is 4.32. The fourth-order valence-corrected chi connectivity index (χ4v) is 3.12. The quantitative estimate of drug-likeness (QED) is 0.757. The lowest BCUT2D eigenvalue weighted by Crippen LogP contribution is -2.18. The van der Waals surface area contributed by atoms with E-state index in [2.05, 4.69) is 41.9 Å². The zero-order valence-corrected chi connectivity index (χ0v) is 12.0. The van der Waals surface area contributed by atoms with E-state index in [1.54, 1.807) is 0 Å². The van der Waals surface area contributed by atoms with Crippen LogP contribution in [0, 0.1) is 0 Å². The Labute approximate surface area is 110 Å². The largest absolute Gasteiger partial charge is 0.493 e. The van der Waals surface area contributed by atoms with Crippen molar-refractivity contribution in [3.8, 4) is 5.75 Å². The third kappa shape index (κ3) is 2.23. The highest BCUT2D eigenvalue weighted by Gasteiger charge is 2.28. The minimum absolute atomic E-state index is 0.0694. The van der Waals surface area contributed by atoms with Gasteiger partial charge in [0.25, 0.3) is 0 Å². The number of halogens is 2. The average Bonchev–Trinajstić information content (AvgIpc) is 2.63. The van der Waals surface area contributed by atoms with Crippen LogP contribution in [0.3, 0.4) is 0 Å². The van der Waals surface area contributed by atoms with Gasteiger partial charge in [0, 0.05) is 22.3 Å². The average molecular weight is 304 g/mol. The molecule has 1 heterocycles. The van der Waals surface area contributed by atoms with Gasteiger partial charge in [-0.2, -0.15) is 0 Å². The molecule has 0 radical (unpaired) electrons. The Hall–Kier alpha value is -0.210. The molecule has 2 rings (SSSR count). The van der Waals surface area contributed by atoms with Crippen LogP contribution in [0.15, 0.2) is 16.6 Å². The van der Waals surface area contributed by atoms with Gasteiger partial charge in [-0.15, -0.1) is 11.6 Å². The van der Waals surface area contributed by atoms with Crippen LogP contribution in [0.5, 0.6) is 5.75 Å². The van der Waals surface area contributed by atoms with Crippen LogP contribution >= 0.6 is 27.5 Å². The van der Waals surface area contributed by atoms with Crippen LogP contribution in [0.25, 0.3) is 0 Å². The summed E-state index contributed by atoms with van der Waals surface area (Å²) >= 11 is 9.44. The van der Waals surface area contributed by atoms with Gasteiger partial charge in [-0.3, -0.25) is 0 Å². The summed E-state index contributed by atoms with van der Waals surface area (Å²) in [7, 11) is 0. The van der Waals surface area contributed by atoms with Gasteiger partial charge in [0.1, 0.15) is 5.75 Å². The summed E-state index contributed by atoms with van der Waals surface area (Å²) < 4.78 is 6.89. The van der Waals surface area contributed by atoms with Gasteiger partial charge >= 0.3 is 0 Å². The van der Waals surface area contributed by atoms with Gasteiger partial charge in [0.05, 0.1) is 6.61 Å². The predicted octanol–water partition coefficient (Wildman–Crippen LogP) is 4.29. The first kappa shape index (κ1) is 12.3. The van der Waals surface area contributed by atoms with Crippen molar-refractivity contribution in [1.82, 2.24) is 0 Å². The second-order valence-corrected chi connectivity index (χ2v) is 6.16. The van der Waals surface area contributed by atoms with Crippen molar-refractivity contribution in [2.24, 2.45) is 0 Å². The molecule has 1 aliphatic heterocycles. The van der Waals surface area contributed by atoms with E-state index in [9.17, 15) is 0 Å². The Kier molecular flexibility index (Phi) is 3.50. The Morgan fingerprint density at radius 2 is 2.19 bits per heavy atom. The highest BCUT2D eigenvalue weighted by Crippen LogP contribution is 2.41. The molecule has 16 heavy (non-hydrogen) atoms. The highest BCUT2D eigenvalue weighted by molar-refractivity contribution is 9.10. The lowest BCUT2D eigenvalue weighted by molar-refractivity contribution is 0.343. The molecular weight excluding hydrogens is 287 g/mol. The molecule has 3 heteroatoms. The number of ether oxygens (including phenoxy) is 1. The lowest BCUT2D eigenvalue weighted by Gasteiger charge is -2.26. The van der Waals surface area contributed by atoms with Crippen molar-refractivity contribution in [3.63, 3.8) is 0 Å². The minimum atomic E-state index is 0.0694. The molecule has 0 saturated carbocycles. The van der Waals surface area contributed by atoms with Crippen LogP contribution in [-0.2, 0) is 11.8 Å². The molecule has 0 N–H and O–H groups in total. The Balaban J connectivity index is 2.48. The van der Waals surface area contributed by atoms with E-state index in [1.165, 1.54) is 11.1 Å². The van der Waals surface area contributed by atoms with Gasteiger partial charge in [-0.25, -0.2) is 0 Å². The molecule has 0 spiro atoms. The van der Waals surface area contributed by atoms with E-state index in [-0.39, 0.29) is 5.41 Å². The smallest absolute Gasteiger partial charge is 0.126 e. The Morgan fingerprint density at radius 1 is 1.44 bits per heavy atom. The molecule has 0 unspecified atom stereocenters. The fourth-order valence-electron chi connectivity index (χ4n) is 2.14. The SMILES string of the molecule is CC(C)(CCCl)c1cc(Br)cc2c1OCC2. The van der Waals surface area contributed by atoms with E-state index in [4.69, 9.17) is 16.3 Å². The van der Waals surface area contributed by atoms with Crippen LogP contribution in [-0.4, -0.2) is 12.5 Å². The van der Waals surface area contributed by atoms with Crippen molar-refractivity contribution in [3.05, 3.63) is 27.7 Å². The molecule has 0 aliphatic carbocycles. The van der Waals surface area contributed by atoms with E-state index >= 15 is 0 Å². The van der Waals surface area contributed by atoms with Gasteiger partial charge in [-0.1, -0.05) is 29.8 Å². The lowest BCUT2D eigenvalue weighted by atomic mass is 9.81. The van der Waals surface area contributed by atoms with E-state index in [1.807, 2.05) is 0 Å². The summed E-state index contributed by atoms with van der Waals surface area (Å²) in [6.07, 6.45) is 1.97. The molecule has 0 atom stereocenters. The number of alkyl halides is 1. The third-order valence-electron chi connectivity index (χ3n) is 3.20. The minimum Gasteiger partial charge on any atom is -0.493 e. The normalized spacial score (nSPS) is 14.8. The molecule has 88 valence electrons. The molecule has 1 aromatic carbocycles. The summed E-state index contributed by atoms with van der Waals surface area (Å²) in [4.78, 5) is 0. The predicted molar refractivity (Wildman–Crippen MR) is 71.7 cm³/mol. The molecule has 0 bridgehead atoms. The van der Waals surface area contributed by atoms with E-state index in [0.29, 0.717) is 5.88 Å². The van der Waals surface area contributed by atoms with E-state index in [0.717, 1.165) is 29.7 Å². The first-order chi connectivity index (χ1) is 7.54. The first-order valence-electron chi connectivity index (χ1n) is 5.56. The van der Waals surface area contributed by atoms with Gasteiger partial charge in [0.15, 0.2) is 0 Å². The number of hydrogen-bond acceptors (Lipinski definition) is 1. The highest BCUT2D eigenvalue weighted by atomic mass is 79.9. The zero-order chi connectivity index (χ0) is 11.8. The Bertz CT molecular complexity index is 401. The number of fused-ring (bicyclic) bond motifs is 1. The Morgan fingerprint density at radius 3 is 2.88 bits per heavy atom. The topological polar surface area (TPSA) is 9.23 Å². The van der Waals surface area contributed by atoms with Gasteiger partial charge in [-0.05, 0) is 29.5 Å². The van der Waals surface area contributed by atoms with Crippen LogP contribution in [0.2, 0.25) is 0 Å². The standard InChI is InChI=1S/C13H16BrClO/c1-13(2,4-5-15)11-8-10(14)7-9-3-6-16-12(9)11/h7-8H,3-6H2,1-2H3. The number of rotatable bonds is 3. The molecule has 1 aromatic rings. The second-order valence-electron chi connectivity index (χ2n) is 4.86. The zero-order valence-electron chi connectivity index (χ0n) is 9.65. The third-order valence-corrected chi connectivity index (χ3v) is 3.84. The van der Waals surface area contributed by atoms with Crippen LogP contribution in [0.1, 0.15) is 31.4 Å². The summed E-state index contributed by atoms with van der Waals surface area (Å²) in [6.45, 7) is 5.24. The monoisotopic (exact) mass is 302 g/mol. The summed E-state index contributed by atoms with van der Waals surface area (Å²) in [5.41, 5.74) is 2.65. The molecule has 1 aliphatic rings. The maximum atomic E-state index is 5.87. The summed E-state index contributed by atoms with van der Waals surface area (Å²) in [5, 5.41) is 0. The maximum Gasteiger partial charge on any atom is 0.126 e. The molecular formula is C13H16BrClO. The molecule has 0 amide bonds. The van der Waals surface area contributed by atoms with Crippen LogP contribution < -0.4 is 4.74 Å².